The zero-order chi connectivity index (χ0) is 10.3. The molecule has 1 unspecified atom stereocenters. The second kappa shape index (κ2) is 7.23. The minimum absolute atomic E-state index is 0.0567. The van der Waals surface area contributed by atoms with Crippen LogP contribution in [0.3, 0.4) is 0 Å². The number of nitrogens with two attached hydrogens (primary N) is 1. The maximum atomic E-state index is 11.1. The summed E-state index contributed by atoms with van der Waals surface area (Å²) >= 11 is 7.82. The normalized spacial score (nSPS) is 12.2. The van der Waals surface area contributed by atoms with Crippen molar-refractivity contribution in [3.05, 3.63) is 0 Å². The van der Waals surface area contributed by atoms with Crippen molar-refractivity contribution in [2.75, 3.05) is 11.5 Å². The summed E-state index contributed by atoms with van der Waals surface area (Å²) < 4.78 is 0. The summed E-state index contributed by atoms with van der Waals surface area (Å²) in [7, 11) is 0. The molecule has 0 spiro atoms. The molecule has 13 heavy (non-hydrogen) atoms. The molecule has 0 heterocycles. The average Bonchev–Trinajstić information content (AvgIpc) is 2.15. The number of hydrazine groups is 1. The molecule has 0 aliphatic rings. The highest BCUT2D eigenvalue weighted by atomic mass is 32.1. The van der Waals surface area contributed by atoms with E-state index < -0.39 is 0 Å². The Hall–Kier alpha value is -0.200. The Morgan fingerprint density at radius 1 is 1.38 bits per heavy atom. The Bertz CT molecular complexity index is 187. The van der Waals surface area contributed by atoms with Crippen molar-refractivity contribution in [1.82, 2.24) is 5.43 Å². The fourth-order valence-electron chi connectivity index (χ4n) is 0.939. The maximum absolute atomic E-state index is 11.1. The van der Waals surface area contributed by atoms with E-state index in [9.17, 15) is 9.59 Å². The van der Waals surface area contributed by atoms with Gasteiger partial charge >= 0.3 is 0 Å². The monoisotopic (exact) mass is 222 g/mol. The average molecular weight is 222 g/mol. The molecule has 1 atom stereocenters. The van der Waals surface area contributed by atoms with Crippen molar-refractivity contribution in [1.29, 1.82) is 0 Å². The number of carbonyl (C=O) groups is 2. The van der Waals surface area contributed by atoms with Gasteiger partial charge in [-0.15, -0.1) is 0 Å². The summed E-state index contributed by atoms with van der Waals surface area (Å²) in [5.41, 5.74) is 2.03. The van der Waals surface area contributed by atoms with E-state index in [1.807, 2.05) is 5.43 Å². The van der Waals surface area contributed by atoms with Crippen LogP contribution in [0.4, 0.5) is 0 Å². The van der Waals surface area contributed by atoms with Gasteiger partial charge in [-0.1, -0.05) is 0 Å². The third-order valence-electron chi connectivity index (χ3n) is 1.64. The van der Waals surface area contributed by atoms with Crippen molar-refractivity contribution < 1.29 is 9.59 Å². The summed E-state index contributed by atoms with van der Waals surface area (Å²) in [6.45, 7) is 0. The van der Waals surface area contributed by atoms with Gasteiger partial charge in [-0.3, -0.25) is 15.0 Å². The number of thiol groups is 2. The third-order valence-corrected chi connectivity index (χ3v) is 2.25. The lowest BCUT2D eigenvalue weighted by Gasteiger charge is -2.11. The number of carbonyl (C=O) groups excluding carboxylic acids is 2. The molecule has 0 aliphatic carbocycles. The standard InChI is InChI=1S/C7H14N2O2S2/c8-9-7(11)5(1-2-12)3-6(10)4-13/h5,12-13H,1-4,8H2,(H,9,11). The number of Topliss-reactive ketones (excluding diaryl/α,β-unsaturated/α-hetero) is 1. The SMILES string of the molecule is NNC(=O)C(CCS)CC(=O)CS. The van der Waals surface area contributed by atoms with Gasteiger partial charge in [-0.05, 0) is 12.2 Å². The molecular formula is C7H14N2O2S2. The van der Waals surface area contributed by atoms with E-state index in [-0.39, 0.29) is 29.8 Å². The van der Waals surface area contributed by atoms with Crippen LogP contribution in [0.5, 0.6) is 0 Å². The van der Waals surface area contributed by atoms with Gasteiger partial charge in [0.1, 0.15) is 5.78 Å². The molecule has 6 heteroatoms. The second-order valence-corrected chi connectivity index (χ2v) is 3.38. The predicted octanol–water partition coefficient (Wildman–Crippen LogP) is -0.199. The lowest BCUT2D eigenvalue weighted by atomic mass is 9.99. The first-order chi connectivity index (χ1) is 6.15. The topological polar surface area (TPSA) is 72.2 Å². The first-order valence-electron chi connectivity index (χ1n) is 3.89. The summed E-state index contributed by atoms with van der Waals surface area (Å²) in [5.74, 6) is 4.93. The molecule has 1 amide bonds. The van der Waals surface area contributed by atoms with Gasteiger partial charge in [0.05, 0.1) is 0 Å². The van der Waals surface area contributed by atoms with Gasteiger partial charge in [0.25, 0.3) is 0 Å². The predicted molar refractivity (Wildman–Crippen MR) is 57.8 cm³/mol. The van der Waals surface area contributed by atoms with E-state index in [0.717, 1.165) is 0 Å². The Kier molecular flexibility index (Phi) is 7.12. The van der Waals surface area contributed by atoms with Crippen molar-refractivity contribution in [3.63, 3.8) is 0 Å². The maximum Gasteiger partial charge on any atom is 0.237 e. The third kappa shape index (κ3) is 5.17. The van der Waals surface area contributed by atoms with Crippen LogP contribution < -0.4 is 11.3 Å². The number of ketones is 1. The van der Waals surface area contributed by atoms with Crippen LogP contribution in [0.1, 0.15) is 12.8 Å². The Morgan fingerprint density at radius 2 is 2.00 bits per heavy atom. The van der Waals surface area contributed by atoms with Crippen molar-refractivity contribution in [2.45, 2.75) is 12.8 Å². The summed E-state index contributed by atoms with van der Waals surface area (Å²) in [6, 6.07) is 0. The van der Waals surface area contributed by atoms with Crippen molar-refractivity contribution in [3.8, 4) is 0 Å². The Balaban J connectivity index is 4.08. The minimum atomic E-state index is -0.373. The molecule has 0 aromatic rings. The molecule has 0 radical (unpaired) electrons. The molecule has 76 valence electrons. The van der Waals surface area contributed by atoms with E-state index >= 15 is 0 Å². The molecule has 0 saturated heterocycles. The van der Waals surface area contributed by atoms with Crippen LogP contribution in [-0.2, 0) is 9.59 Å². The van der Waals surface area contributed by atoms with E-state index in [1.165, 1.54) is 0 Å². The molecule has 0 saturated carbocycles. The van der Waals surface area contributed by atoms with Crippen LogP contribution in [-0.4, -0.2) is 23.2 Å². The van der Waals surface area contributed by atoms with Crippen molar-refractivity contribution in [2.24, 2.45) is 11.8 Å². The molecule has 0 bridgehead atoms. The number of hydrogen-bond donors (Lipinski definition) is 4. The molecule has 0 aliphatic heterocycles. The molecule has 0 rings (SSSR count). The van der Waals surface area contributed by atoms with Crippen molar-refractivity contribution >= 4 is 36.9 Å². The number of amides is 1. The molecule has 0 aromatic heterocycles. The smallest absolute Gasteiger partial charge is 0.237 e. The quantitative estimate of drug-likeness (QED) is 0.218. The largest absolute Gasteiger partial charge is 0.299 e. The Labute approximate surface area is 88.4 Å². The minimum Gasteiger partial charge on any atom is -0.299 e. The summed E-state index contributed by atoms with van der Waals surface area (Å²) in [5, 5.41) is 0. The first-order valence-corrected chi connectivity index (χ1v) is 5.16. The first kappa shape index (κ1) is 12.8. The molecule has 3 N–H and O–H groups in total. The van der Waals surface area contributed by atoms with Crippen LogP contribution in [0.2, 0.25) is 0 Å². The fraction of sp³-hybridized carbons (Fsp3) is 0.714. The number of nitrogens with one attached hydrogen (secondary N) is 1. The van der Waals surface area contributed by atoms with Crippen LogP contribution in [0.15, 0.2) is 0 Å². The van der Waals surface area contributed by atoms with Gasteiger partial charge in [-0.2, -0.15) is 25.3 Å². The van der Waals surface area contributed by atoms with Crippen LogP contribution in [0, 0.1) is 5.92 Å². The summed E-state index contributed by atoms with van der Waals surface area (Å²) in [4.78, 5) is 22.1. The lowest BCUT2D eigenvalue weighted by Crippen LogP contribution is -2.37. The molecule has 0 fully saturated rings. The van der Waals surface area contributed by atoms with E-state index in [1.54, 1.807) is 0 Å². The lowest BCUT2D eigenvalue weighted by molar-refractivity contribution is -0.128. The highest BCUT2D eigenvalue weighted by Crippen LogP contribution is 2.10. The number of rotatable bonds is 6. The van der Waals surface area contributed by atoms with Gasteiger partial charge in [0, 0.05) is 18.1 Å². The van der Waals surface area contributed by atoms with Gasteiger partial charge in [-0.25, -0.2) is 5.84 Å². The Morgan fingerprint density at radius 3 is 2.38 bits per heavy atom. The second-order valence-electron chi connectivity index (χ2n) is 2.62. The molecular weight excluding hydrogens is 208 g/mol. The van der Waals surface area contributed by atoms with Gasteiger partial charge in [0.15, 0.2) is 0 Å². The fourth-order valence-corrected chi connectivity index (χ4v) is 1.38. The van der Waals surface area contributed by atoms with Crippen LogP contribution >= 0.6 is 25.3 Å². The number of hydrogen-bond acceptors (Lipinski definition) is 5. The highest BCUT2D eigenvalue weighted by Gasteiger charge is 2.19. The van der Waals surface area contributed by atoms with Gasteiger partial charge in [0.2, 0.25) is 5.91 Å². The van der Waals surface area contributed by atoms with E-state index in [4.69, 9.17) is 5.84 Å². The summed E-state index contributed by atoms with van der Waals surface area (Å²) in [6.07, 6.45) is 0.735. The van der Waals surface area contributed by atoms with E-state index in [2.05, 4.69) is 25.3 Å². The zero-order valence-electron chi connectivity index (χ0n) is 7.19. The van der Waals surface area contributed by atoms with Crippen LogP contribution in [0.25, 0.3) is 0 Å². The van der Waals surface area contributed by atoms with E-state index in [0.29, 0.717) is 12.2 Å². The molecule has 0 aromatic carbocycles. The highest BCUT2D eigenvalue weighted by molar-refractivity contribution is 7.81. The molecule has 4 nitrogen and oxygen atoms in total. The zero-order valence-corrected chi connectivity index (χ0v) is 8.98. The van der Waals surface area contributed by atoms with Gasteiger partial charge < -0.3 is 0 Å².